The minimum Gasteiger partial charge on any atom is -0.497 e. The van der Waals surface area contributed by atoms with Gasteiger partial charge in [0.25, 0.3) is 5.56 Å². The fourth-order valence-corrected chi connectivity index (χ4v) is 6.93. The van der Waals surface area contributed by atoms with Gasteiger partial charge in [-0.05, 0) is 35.7 Å². The van der Waals surface area contributed by atoms with Crippen molar-refractivity contribution in [1.82, 2.24) is 19.5 Å². The van der Waals surface area contributed by atoms with Gasteiger partial charge in [-0.3, -0.25) is 33.4 Å². The van der Waals surface area contributed by atoms with Crippen molar-refractivity contribution in [1.29, 1.82) is 0 Å². The molecular weight excluding hydrogens is 663 g/mol. The van der Waals surface area contributed by atoms with E-state index in [9.17, 15) is 19.0 Å². The van der Waals surface area contributed by atoms with E-state index in [4.69, 9.17) is 23.3 Å². The molecule has 13 nitrogen and oxygen atoms in total. The molecule has 0 saturated carbocycles. The third-order valence-electron chi connectivity index (χ3n) is 8.46. The second-order valence-corrected chi connectivity index (χ2v) is 13.1. The van der Waals surface area contributed by atoms with Crippen molar-refractivity contribution >= 4 is 7.82 Å². The van der Waals surface area contributed by atoms with Gasteiger partial charge in [-0.1, -0.05) is 72.8 Å². The van der Waals surface area contributed by atoms with Crippen LogP contribution in [-0.4, -0.2) is 56.9 Å². The number of hydrogen-bond acceptors (Lipinski definition) is 10. The molecule has 14 heteroatoms. The summed E-state index contributed by atoms with van der Waals surface area (Å²) in [5.74, 6) is 0.666. The zero-order chi connectivity index (χ0) is 35.1. The first-order chi connectivity index (χ1) is 24.2. The largest absolute Gasteiger partial charge is 0.497 e. The van der Waals surface area contributed by atoms with Crippen LogP contribution in [0.5, 0.6) is 5.75 Å². The summed E-state index contributed by atoms with van der Waals surface area (Å²) in [4.78, 5) is 46.3. The number of ether oxygens (including phenoxy) is 3. The number of methoxy groups -OCH3 is 1. The number of rotatable bonds is 14. The van der Waals surface area contributed by atoms with E-state index >= 15 is 0 Å². The molecule has 5 aromatic rings. The molecule has 6 rings (SSSR count). The van der Waals surface area contributed by atoms with E-state index in [1.165, 1.54) is 29.4 Å². The molecule has 1 fully saturated rings. The van der Waals surface area contributed by atoms with Crippen LogP contribution in [0.2, 0.25) is 0 Å². The molecule has 4 atom stereocenters. The molecule has 260 valence electrons. The van der Waals surface area contributed by atoms with Crippen molar-refractivity contribution in [2.75, 3.05) is 20.3 Å². The van der Waals surface area contributed by atoms with Crippen LogP contribution < -0.4 is 16.0 Å². The number of phosphoric ester groups is 1. The van der Waals surface area contributed by atoms with Gasteiger partial charge in [-0.15, -0.1) is 0 Å². The maximum atomic E-state index is 13.3. The fourth-order valence-electron chi connectivity index (χ4n) is 5.99. The van der Waals surface area contributed by atoms with Gasteiger partial charge in [0, 0.05) is 43.2 Å². The first-order valence-corrected chi connectivity index (χ1v) is 17.5. The van der Waals surface area contributed by atoms with Crippen LogP contribution in [0.4, 0.5) is 0 Å². The molecule has 2 aromatic heterocycles. The number of phosphoric acid groups is 1. The average Bonchev–Trinajstić information content (AvgIpc) is 3.52. The van der Waals surface area contributed by atoms with Gasteiger partial charge >= 0.3 is 13.5 Å². The van der Waals surface area contributed by atoms with Crippen LogP contribution >= 0.6 is 7.82 Å². The molecular formula is C36H37N4O9P. The van der Waals surface area contributed by atoms with Crippen molar-refractivity contribution in [3.8, 4) is 5.75 Å². The average molecular weight is 701 g/mol. The minimum atomic E-state index is -4.65. The fraction of sp³-hybridized carbons (Fsp3) is 0.278. The lowest BCUT2D eigenvalue weighted by Gasteiger charge is -2.37. The number of aromatic amines is 1. The second-order valence-electron chi connectivity index (χ2n) is 11.7. The van der Waals surface area contributed by atoms with Crippen LogP contribution in [0, 0.1) is 6.92 Å². The zero-order valence-electron chi connectivity index (χ0n) is 27.5. The summed E-state index contributed by atoms with van der Waals surface area (Å²) in [6.07, 6.45) is 3.18. The van der Waals surface area contributed by atoms with Crippen LogP contribution in [0.25, 0.3) is 0 Å². The highest BCUT2D eigenvalue weighted by Gasteiger charge is 2.45. The molecule has 0 aliphatic carbocycles. The second kappa shape index (κ2) is 15.4. The summed E-state index contributed by atoms with van der Waals surface area (Å²) in [5.41, 5.74) is 0.887. The molecule has 0 spiro atoms. The minimum absolute atomic E-state index is 0.0241. The van der Waals surface area contributed by atoms with Gasteiger partial charge in [0.15, 0.2) is 0 Å². The first kappa shape index (κ1) is 35.1. The van der Waals surface area contributed by atoms with E-state index in [0.717, 1.165) is 16.7 Å². The Bertz CT molecular complexity index is 1990. The molecule has 50 heavy (non-hydrogen) atoms. The highest BCUT2D eigenvalue weighted by molar-refractivity contribution is 7.47. The number of benzene rings is 3. The lowest BCUT2D eigenvalue weighted by atomic mass is 9.80. The van der Waals surface area contributed by atoms with Gasteiger partial charge in [0.1, 0.15) is 29.8 Å². The lowest BCUT2D eigenvalue weighted by Crippen LogP contribution is -2.38. The van der Waals surface area contributed by atoms with E-state index in [0.29, 0.717) is 11.4 Å². The monoisotopic (exact) mass is 700 g/mol. The van der Waals surface area contributed by atoms with E-state index in [1.807, 2.05) is 84.9 Å². The Labute approximate surface area is 288 Å². The quantitative estimate of drug-likeness (QED) is 0.122. The van der Waals surface area contributed by atoms with E-state index < -0.39 is 43.1 Å². The highest BCUT2D eigenvalue weighted by atomic mass is 31.2. The lowest BCUT2D eigenvalue weighted by molar-refractivity contribution is -0.0939. The molecule has 1 saturated heterocycles. The number of hydrogen-bond donors (Lipinski definition) is 2. The van der Waals surface area contributed by atoms with Crippen molar-refractivity contribution < 1.29 is 32.7 Å². The van der Waals surface area contributed by atoms with Gasteiger partial charge in [-0.25, -0.2) is 9.36 Å². The summed E-state index contributed by atoms with van der Waals surface area (Å²) < 4.78 is 44.3. The van der Waals surface area contributed by atoms with Crippen LogP contribution in [-0.2, 0) is 35.1 Å². The molecule has 2 N–H and O–H groups in total. The summed E-state index contributed by atoms with van der Waals surface area (Å²) in [7, 11) is -3.06. The number of nitrogens with one attached hydrogen (secondary N) is 1. The molecule has 3 aromatic carbocycles. The Morgan fingerprint density at radius 1 is 0.980 bits per heavy atom. The van der Waals surface area contributed by atoms with Gasteiger partial charge < -0.3 is 19.1 Å². The predicted octanol–water partition coefficient (Wildman–Crippen LogP) is 4.68. The normalized spacial score (nSPS) is 18.8. The molecule has 0 amide bonds. The molecule has 0 radical (unpaired) electrons. The SMILES string of the molecule is COc1ccc(C(OC[C@H]2O[C@@H](n3cc(C)c(=O)[nH]c3=O)C[C@@H]2OP(=O)(O)OCCc2cnccn2)(c2ccccc2)c2ccccc2)cc1. The van der Waals surface area contributed by atoms with Gasteiger partial charge in [0.05, 0.1) is 26.0 Å². The summed E-state index contributed by atoms with van der Waals surface area (Å²) >= 11 is 0. The van der Waals surface area contributed by atoms with Crippen LogP contribution in [0.3, 0.4) is 0 Å². The molecule has 1 aliphatic rings. The third-order valence-corrected chi connectivity index (χ3v) is 9.50. The van der Waals surface area contributed by atoms with E-state index in [1.54, 1.807) is 14.0 Å². The molecule has 1 aliphatic heterocycles. The maximum Gasteiger partial charge on any atom is 0.472 e. The molecule has 1 unspecified atom stereocenters. The Hall–Kier alpha value is -4.75. The van der Waals surface area contributed by atoms with E-state index in [2.05, 4.69) is 15.0 Å². The Balaban J connectivity index is 1.34. The number of H-pyrrole nitrogens is 1. The predicted molar refractivity (Wildman–Crippen MR) is 183 cm³/mol. The molecule has 0 bridgehead atoms. The summed E-state index contributed by atoms with van der Waals surface area (Å²) in [6, 6.07) is 26.8. The first-order valence-electron chi connectivity index (χ1n) is 16.0. The summed E-state index contributed by atoms with van der Waals surface area (Å²) in [6.45, 7) is 1.26. The Kier molecular flexibility index (Phi) is 10.8. The number of aryl methyl sites for hydroxylation is 1. The zero-order valence-corrected chi connectivity index (χ0v) is 28.3. The highest BCUT2D eigenvalue weighted by Crippen LogP contribution is 2.49. The topological polar surface area (TPSA) is 164 Å². The van der Waals surface area contributed by atoms with Gasteiger partial charge in [0.2, 0.25) is 0 Å². The van der Waals surface area contributed by atoms with Crippen molar-refractivity contribution in [2.24, 2.45) is 0 Å². The number of nitrogens with zero attached hydrogens (tertiary/aromatic N) is 3. The smallest absolute Gasteiger partial charge is 0.472 e. The standard InChI is InChI=1S/C36H37N4O9P/c1-25-23-40(35(42)39-34(25)41)33-21-31(49-50(43,44)47-20-17-29-22-37-18-19-38-29)32(48-33)24-46-36(26-9-5-3-6-10-26,27-11-7-4-8-12-27)28-13-15-30(45-2)16-14-28/h3-16,18-19,22-23,31-33H,17,20-21,24H2,1-2H3,(H,43,44)(H,39,41,42)/t31-,32+,33+/m0/s1. The third kappa shape index (κ3) is 7.84. The van der Waals surface area contributed by atoms with Gasteiger partial charge in [-0.2, -0.15) is 0 Å². The van der Waals surface area contributed by atoms with Crippen LogP contribution in [0.15, 0.2) is 119 Å². The Morgan fingerprint density at radius 2 is 1.64 bits per heavy atom. The van der Waals surface area contributed by atoms with Crippen LogP contribution in [0.1, 0.15) is 40.6 Å². The van der Waals surface area contributed by atoms with Crippen molar-refractivity contribution in [3.63, 3.8) is 0 Å². The molecule has 3 heterocycles. The van der Waals surface area contributed by atoms with Crippen molar-refractivity contribution in [3.05, 3.63) is 159 Å². The Morgan fingerprint density at radius 3 is 2.26 bits per heavy atom. The van der Waals surface area contributed by atoms with Crippen molar-refractivity contribution in [2.45, 2.75) is 43.8 Å². The number of aromatic nitrogens is 4. The summed E-state index contributed by atoms with van der Waals surface area (Å²) in [5, 5.41) is 0. The maximum absolute atomic E-state index is 13.3. The van der Waals surface area contributed by atoms with E-state index in [-0.39, 0.29) is 31.6 Å².